The van der Waals surface area contributed by atoms with Gasteiger partial charge in [0, 0.05) is 5.57 Å². The van der Waals surface area contributed by atoms with E-state index in [-0.39, 0.29) is 24.2 Å². The van der Waals surface area contributed by atoms with Crippen LogP contribution in [0.25, 0.3) is 0 Å². The molecule has 26 heavy (non-hydrogen) atoms. The van der Waals surface area contributed by atoms with E-state index in [0.29, 0.717) is 0 Å². The molecule has 0 radical (unpaired) electrons. The molecular formula is C20H25N3O3. The normalized spacial score (nSPS) is 31.6. The standard InChI is InChI=1S/C20H25N3O3/c1-20(2)18(24)17(21-9-8-12-6-4-3-5-7-12)13-10-14-15(11-16(13)26-20)23-19(25)22-14/h3-7,10-11,14-15,17-18,21,24H,8-9H2,1-2H3,(H2,22,23,25). The average molecular weight is 355 g/mol. The van der Waals surface area contributed by atoms with E-state index >= 15 is 0 Å². The van der Waals surface area contributed by atoms with Crippen LogP contribution in [0.15, 0.2) is 53.8 Å². The first-order valence-corrected chi connectivity index (χ1v) is 9.09. The van der Waals surface area contributed by atoms with E-state index in [1.165, 1.54) is 5.56 Å². The highest BCUT2D eigenvalue weighted by Gasteiger charge is 2.47. The van der Waals surface area contributed by atoms with Crippen molar-refractivity contribution in [3.8, 4) is 0 Å². The van der Waals surface area contributed by atoms with Gasteiger partial charge in [-0.3, -0.25) is 0 Å². The number of urea groups is 1. The fraction of sp³-hybridized carbons (Fsp3) is 0.450. The molecule has 0 spiro atoms. The predicted molar refractivity (Wildman–Crippen MR) is 98.5 cm³/mol. The number of rotatable bonds is 4. The van der Waals surface area contributed by atoms with Gasteiger partial charge >= 0.3 is 6.03 Å². The van der Waals surface area contributed by atoms with Crippen molar-refractivity contribution in [2.75, 3.05) is 6.54 Å². The number of aliphatic hydroxyl groups excluding tert-OH is 1. The quantitative estimate of drug-likeness (QED) is 0.655. The molecule has 2 fully saturated rings. The second kappa shape index (κ2) is 6.45. The van der Waals surface area contributed by atoms with Crippen molar-refractivity contribution in [3.05, 3.63) is 59.4 Å². The lowest BCUT2D eigenvalue weighted by Gasteiger charge is -2.45. The van der Waals surface area contributed by atoms with Crippen LogP contribution >= 0.6 is 0 Å². The lowest BCUT2D eigenvalue weighted by molar-refractivity contribution is -0.0973. The van der Waals surface area contributed by atoms with Crippen molar-refractivity contribution >= 4 is 6.03 Å². The number of benzene rings is 1. The van der Waals surface area contributed by atoms with E-state index in [4.69, 9.17) is 4.74 Å². The molecule has 2 amide bonds. The van der Waals surface area contributed by atoms with Crippen molar-refractivity contribution in [2.24, 2.45) is 0 Å². The first kappa shape index (κ1) is 17.1. The number of nitrogens with one attached hydrogen (secondary N) is 3. The molecule has 138 valence electrons. The van der Waals surface area contributed by atoms with Crippen LogP contribution in [-0.2, 0) is 11.2 Å². The highest BCUT2D eigenvalue weighted by atomic mass is 16.5. The minimum absolute atomic E-state index is 0.114. The summed E-state index contributed by atoms with van der Waals surface area (Å²) in [7, 11) is 0. The third-order valence-corrected chi connectivity index (χ3v) is 5.31. The summed E-state index contributed by atoms with van der Waals surface area (Å²) in [5.41, 5.74) is 1.45. The molecule has 1 aromatic rings. The molecule has 0 aromatic heterocycles. The van der Waals surface area contributed by atoms with Crippen LogP contribution in [0.1, 0.15) is 19.4 Å². The number of hydrogen-bond donors (Lipinski definition) is 4. The molecule has 2 aliphatic heterocycles. The first-order valence-electron chi connectivity index (χ1n) is 9.09. The van der Waals surface area contributed by atoms with E-state index in [1.807, 2.05) is 44.2 Å². The molecule has 4 rings (SSSR count). The zero-order valence-electron chi connectivity index (χ0n) is 15.0. The summed E-state index contributed by atoms with van der Waals surface area (Å²) < 4.78 is 6.05. The van der Waals surface area contributed by atoms with Crippen LogP contribution in [0.2, 0.25) is 0 Å². The number of ether oxygens (including phenoxy) is 1. The molecule has 4 atom stereocenters. The number of amides is 2. The number of hydrogen-bond acceptors (Lipinski definition) is 4. The molecule has 2 heterocycles. The van der Waals surface area contributed by atoms with Crippen LogP contribution in [0.5, 0.6) is 0 Å². The van der Waals surface area contributed by atoms with Gasteiger partial charge in [0.05, 0.1) is 18.1 Å². The Balaban J connectivity index is 1.54. The Hall–Kier alpha value is -2.31. The lowest BCUT2D eigenvalue weighted by atomic mass is 9.82. The predicted octanol–water partition coefficient (Wildman–Crippen LogP) is 1.23. The summed E-state index contributed by atoms with van der Waals surface area (Å²) in [6.07, 6.45) is 4.12. The Kier molecular flexibility index (Phi) is 4.25. The second-order valence-electron chi connectivity index (χ2n) is 7.64. The van der Waals surface area contributed by atoms with Crippen molar-refractivity contribution in [1.82, 2.24) is 16.0 Å². The molecule has 0 bridgehead atoms. The van der Waals surface area contributed by atoms with Crippen molar-refractivity contribution in [1.29, 1.82) is 0 Å². The van der Waals surface area contributed by atoms with Gasteiger partial charge in [-0.05, 0) is 38.5 Å². The van der Waals surface area contributed by atoms with Crippen molar-refractivity contribution in [2.45, 2.75) is 50.1 Å². The molecule has 4 unspecified atom stereocenters. The Bertz CT molecular complexity index is 757. The van der Waals surface area contributed by atoms with Crippen LogP contribution in [0, 0.1) is 0 Å². The smallest absolute Gasteiger partial charge is 0.315 e. The number of carbonyl (C=O) groups is 1. The Labute approximate surface area is 153 Å². The van der Waals surface area contributed by atoms with E-state index < -0.39 is 11.7 Å². The summed E-state index contributed by atoms with van der Waals surface area (Å²) >= 11 is 0. The van der Waals surface area contributed by atoms with Crippen LogP contribution in [0.3, 0.4) is 0 Å². The van der Waals surface area contributed by atoms with Gasteiger partial charge in [-0.1, -0.05) is 36.4 Å². The lowest BCUT2D eigenvalue weighted by Crippen LogP contribution is -2.58. The Morgan fingerprint density at radius 1 is 1.15 bits per heavy atom. The highest BCUT2D eigenvalue weighted by Crippen LogP contribution is 2.38. The zero-order chi connectivity index (χ0) is 18.3. The van der Waals surface area contributed by atoms with Crippen molar-refractivity contribution in [3.63, 3.8) is 0 Å². The molecule has 6 nitrogen and oxygen atoms in total. The number of carbonyl (C=O) groups excluding carboxylic acids is 1. The van der Waals surface area contributed by atoms with E-state index in [0.717, 1.165) is 24.3 Å². The third-order valence-electron chi connectivity index (χ3n) is 5.31. The van der Waals surface area contributed by atoms with Crippen molar-refractivity contribution < 1.29 is 14.6 Å². The van der Waals surface area contributed by atoms with Gasteiger partial charge in [0.1, 0.15) is 17.5 Å². The minimum Gasteiger partial charge on any atom is -0.485 e. The van der Waals surface area contributed by atoms with Gasteiger partial charge in [-0.2, -0.15) is 0 Å². The topological polar surface area (TPSA) is 82.6 Å². The zero-order valence-corrected chi connectivity index (χ0v) is 15.0. The molecule has 1 aliphatic carbocycles. The van der Waals surface area contributed by atoms with Crippen LogP contribution in [0.4, 0.5) is 4.79 Å². The SMILES string of the molecule is CC1(C)OC2=CC3NC(=O)NC3C=C2C(NCCc2ccccc2)C1O. The van der Waals surface area contributed by atoms with Crippen LogP contribution < -0.4 is 16.0 Å². The Morgan fingerprint density at radius 2 is 1.85 bits per heavy atom. The van der Waals surface area contributed by atoms with E-state index in [2.05, 4.69) is 28.1 Å². The first-order chi connectivity index (χ1) is 12.4. The van der Waals surface area contributed by atoms with E-state index in [9.17, 15) is 9.90 Å². The molecule has 6 heteroatoms. The summed E-state index contributed by atoms with van der Waals surface area (Å²) in [4.78, 5) is 11.6. The maximum Gasteiger partial charge on any atom is 0.315 e. The van der Waals surface area contributed by atoms with Gasteiger partial charge in [0.15, 0.2) is 0 Å². The maximum absolute atomic E-state index is 11.6. The minimum atomic E-state index is -0.712. The molecule has 2 saturated heterocycles. The largest absolute Gasteiger partial charge is 0.485 e. The van der Waals surface area contributed by atoms with Crippen LogP contribution in [-0.4, -0.2) is 47.5 Å². The summed E-state index contributed by atoms with van der Waals surface area (Å²) in [5.74, 6) is 0.739. The monoisotopic (exact) mass is 355 g/mol. The number of fused-ring (bicyclic) bond motifs is 2. The highest BCUT2D eigenvalue weighted by molar-refractivity contribution is 5.79. The van der Waals surface area contributed by atoms with Gasteiger partial charge in [0.2, 0.25) is 0 Å². The number of aliphatic hydroxyl groups is 1. The summed E-state index contributed by atoms with van der Waals surface area (Å²) in [6, 6.07) is 9.61. The average Bonchev–Trinajstić information content (AvgIpc) is 2.96. The molecule has 4 N–H and O–H groups in total. The maximum atomic E-state index is 11.6. The third kappa shape index (κ3) is 3.10. The Morgan fingerprint density at radius 3 is 2.58 bits per heavy atom. The van der Waals surface area contributed by atoms with Gasteiger partial charge in [-0.15, -0.1) is 0 Å². The second-order valence-corrected chi connectivity index (χ2v) is 7.64. The molecular weight excluding hydrogens is 330 g/mol. The van der Waals surface area contributed by atoms with Gasteiger partial charge in [0.25, 0.3) is 0 Å². The summed E-state index contributed by atoms with van der Waals surface area (Å²) in [6.45, 7) is 4.52. The molecule has 3 aliphatic rings. The van der Waals surface area contributed by atoms with Gasteiger partial charge in [-0.25, -0.2) is 4.79 Å². The molecule has 0 saturated carbocycles. The fourth-order valence-electron chi connectivity index (χ4n) is 3.85. The summed E-state index contributed by atoms with van der Waals surface area (Å²) in [5, 5.41) is 20.1. The van der Waals surface area contributed by atoms with Gasteiger partial charge < -0.3 is 25.8 Å². The van der Waals surface area contributed by atoms with E-state index in [1.54, 1.807) is 0 Å². The molecule has 1 aromatic carbocycles. The fourth-order valence-corrected chi connectivity index (χ4v) is 3.85.